The molecule has 0 radical (unpaired) electrons. The van der Waals surface area contributed by atoms with Crippen molar-refractivity contribution in [2.75, 3.05) is 19.5 Å². The van der Waals surface area contributed by atoms with Crippen LogP contribution >= 0.6 is 0 Å². The van der Waals surface area contributed by atoms with Crippen molar-refractivity contribution < 1.29 is 27.1 Å². The molecule has 0 aliphatic heterocycles. The monoisotopic (exact) mass is 352 g/mol. The van der Waals surface area contributed by atoms with E-state index in [0.717, 1.165) is 12.3 Å². The maximum Gasteiger partial charge on any atom is 0.175 e. The van der Waals surface area contributed by atoms with Crippen molar-refractivity contribution in [1.82, 2.24) is 0 Å². The largest absolute Gasteiger partial charge is 0.490 e. The number of carbonyl (C=O) groups is 1. The number of halogens is 1. The van der Waals surface area contributed by atoms with Crippen molar-refractivity contribution in [2.45, 2.75) is 11.8 Å². The molecule has 0 atom stereocenters. The standard InChI is InChI=1S/C17H17FO5S/c1-12(19)13-8-14(18)10-16(9-13)23-7-6-22-15-4-3-5-17(11-15)24(2,20)21/h3-5,8-11H,6-7H2,1-2H3. The van der Waals surface area contributed by atoms with Gasteiger partial charge in [-0.05, 0) is 37.3 Å². The van der Waals surface area contributed by atoms with Gasteiger partial charge in [-0.1, -0.05) is 6.07 Å². The van der Waals surface area contributed by atoms with Crippen LogP contribution in [0.5, 0.6) is 11.5 Å². The molecule has 0 saturated carbocycles. The first kappa shape index (κ1) is 17.9. The van der Waals surface area contributed by atoms with Crippen molar-refractivity contribution in [3.05, 3.63) is 53.8 Å². The average Bonchev–Trinajstić information content (AvgIpc) is 2.50. The van der Waals surface area contributed by atoms with Crippen molar-refractivity contribution >= 4 is 15.6 Å². The molecule has 0 spiro atoms. The first-order valence-electron chi connectivity index (χ1n) is 7.13. The predicted molar refractivity (Wildman–Crippen MR) is 86.9 cm³/mol. The van der Waals surface area contributed by atoms with E-state index in [1.54, 1.807) is 12.1 Å². The summed E-state index contributed by atoms with van der Waals surface area (Å²) in [6, 6.07) is 9.89. The lowest BCUT2D eigenvalue weighted by molar-refractivity contribution is 0.101. The van der Waals surface area contributed by atoms with Crippen LogP contribution in [0.25, 0.3) is 0 Å². The summed E-state index contributed by atoms with van der Waals surface area (Å²) < 4.78 is 47.1. The van der Waals surface area contributed by atoms with Crippen molar-refractivity contribution in [2.24, 2.45) is 0 Å². The minimum atomic E-state index is -3.30. The summed E-state index contributed by atoms with van der Waals surface area (Å²) in [6.07, 6.45) is 1.12. The Kier molecular flexibility index (Phi) is 5.56. The van der Waals surface area contributed by atoms with Gasteiger partial charge in [0, 0.05) is 17.9 Å². The third-order valence-electron chi connectivity index (χ3n) is 3.13. The first-order valence-corrected chi connectivity index (χ1v) is 9.02. The number of sulfone groups is 1. The van der Waals surface area contributed by atoms with Crippen LogP contribution in [0, 0.1) is 5.82 Å². The number of rotatable bonds is 7. The topological polar surface area (TPSA) is 69.7 Å². The number of hydrogen-bond donors (Lipinski definition) is 0. The molecule has 2 aromatic rings. The van der Waals surface area contributed by atoms with Gasteiger partial charge in [-0.3, -0.25) is 4.79 Å². The molecule has 0 aliphatic carbocycles. The summed E-state index contributed by atoms with van der Waals surface area (Å²) in [5.74, 6) is -0.188. The van der Waals surface area contributed by atoms with Crippen molar-refractivity contribution in [1.29, 1.82) is 0 Å². The van der Waals surface area contributed by atoms with E-state index < -0.39 is 15.7 Å². The van der Waals surface area contributed by atoms with E-state index in [2.05, 4.69) is 0 Å². The van der Waals surface area contributed by atoms with E-state index in [0.29, 0.717) is 5.75 Å². The quantitative estimate of drug-likeness (QED) is 0.566. The molecule has 0 N–H and O–H groups in total. The van der Waals surface area contributed by atoms with E-state index in [1.165, 1.54) is 31.2 Å². The Labute approximate surface area is 139 Å². The third kappa shape index (κ3) is 5.06. The van der Waals surface area contributed by atoms with Crippen LogP contribution in [0.1, 0.15) is 17.3 Å². The van der Waals surface area contributed by atoms with Gasteiger partial charge in [-0.15, -0.1) is 0 Å². The molecule has 0 saturated heterocycles. The summed E-state index contributed by atoms with van der Waals surface area (Å²) in [4.78, 5) is 11.4. The zero-order chi connectivity index (χ0) is 17.7. The number of benzene rings is 2. The minimum absolute atomic E-state index is 0.115. The van der Waals surface area contributed by atoms with Gasteiger partial charge >= 0.3 is 0 Å². The molecule has 0 bridgehead atoms. The fourth-order valence-electron chi connectivity index (χ4n) is 1.96. The highest BCUT2D eigenvalue weighted by molar-refractivity contribution is 7.90. The van der Waals surface area contributed by atoms with Gasteiger partial charge in [-0.25, -0.2) is 12.8 Å². The summed E-state index contributed by atoms with van der Waals surface area (Å²) in [5, 5.41) is 0. The molecule has 2 rings (SSSR count). The van der Waals surface area contributed by atoms with Gasteiger partial charge < -0.3 is 9.47 Å². The van der Waals surface area contributed by atoms with Crippen LogP contribution in [0.2, 0.25) is 0 Å². The molecule has 0 unspecified atom stereocenters. The highest BCUT2D eigenvalue weighted by Gasteiger charge is 2.08. The van der Waals surface area contributed by atoms with Crippen LogP contribution in [-0.2, 0) is 9.84 Å². The summed E-state index contributed by atoms with van der Waals surface area (Å²) in [5.41, 5.74) is 0.228. The molecule has 2 aromatic carbocycles. The maximum absolute atomic E-state index is 13.4. The Morgan fingerprint density at radius 3 is 2.33 bits per heavy atom. The van der Waals surface area contributed by atoms with E-state index in [-0.39, 0.29) is 35.2 Å². The second kappa shape index (κ2) is 7.44. The minimum Gasteiger partial charge on any atom is -0.490 e. The molecular weight excluding hydrogens is 335 g/mol. The smallest absolute Gasteiger partial charge is 0.175 e. The molecule has 0 amide bonds. The summed E-state index contributed by atoms with van der Waals surface area (Å²) >= 11 is 0. The zero-order valence-corrected chi connectivity index (χ0v) is 14.1. The fraction of sp³-hybridized carbons (Fsp3) is 0.235. The van der Waals surface area contributed by atoms with E-state index in [9.17, 15) is 17.6 Å². The zero-order valence-electron chi connectivity index (χ0n) is 13.3. The van der Waals surface area contributed by atoms with E-state index in [4.69, 9.17) is 9.47 Å². The lowest BCUT2D eigenvalue weighted by atomic mass is 10.1. The molecule has 7 heteroatoms. The summed E-state index contributed by atoms with van der Waals surface area (Å²) in [7, 11) is -3.30. The number of ether oxygens (including phenoxy) is 2. The first-order chi connectivity index (χ1) is 11.3. The second-order valence-electron chi connectivity index (χ2n) is 5.18. The molecule has 5 nitrogen and oxygen atoms in total. The Morgan fingerprint density at radius 1 is 1.04 bits per heavy atom. The SMILES string of the molecule is CC(=O)c1cc(F)cc(OCCOc2cccc(S(C)(=O)=O)c2)c1. The third-order valence-corrected chi connectivity index (χ3v) is 4.24. The van der Waals surface area contributed by atoms with Crippen molar-refractivity contribution in [3.8, 4) is 11.5 Å². The van der Waals surface area contributed by atoms with Gasteiger partial charge in [0.2, 0.25) is 0 Å². The summed E-state index contributed by atoms with van der Waals surface area (Å²) in [6.45, 7) is 1.60. The van der Waals surface area contributed by atoms with Gasteiger partial charge in [-0.2, -0.15) is 0 Å². The molecule has 0 fully saturated rings. The van der Waals surface area contributed by atoms with Crippen molar-refractivity contribution in [3.63, 3.8) is 0 Å². The lowest BCUT2D eigenvalue weighted by Gasteiger charge is -2.10. The molecule has 24 heavy (non-hydrogen) atoms. The molecule has 0 aromatic heterocycles. The van der Waals surface area contributed by atoms with Crippen LogP contribution < -0.4 is 9.47 Å². The average molecular weight is 352 g/mol. The fourth-order valence-corrected chi connectivity index (χ4v) is 2.62. The molecule has 0 heterocycles. The highest BCUT2D eigenvalue weighted by Crippen LogP contribution is 2.19. The van der Waals surface area contributed by atoms with Crippen LogP contribution in [-0.4, -0.2) is 33.7 Å². The second-order valence-corrected chi connectivity index (χ2v) is 7.19. The Bertz CT molecular complexity index is 846. The Hall–Kier alpha value is -2.41. The van der Waals surface area contributed by atoms with E-state index in [1.807, 2.05) is 0 Å². The number of hydrogen-bond acceptors (Lipinski definition) is 5. The Morgan fingerprint density at radius 2 is 1.71 bits per heavy atom. The van der Waals surface area contributed by atoms with E-state index >= 15 is 0 Å². The van der Waals surface area contributed by atoms with Gasteiger partial charge in [0.1, 0.15) is 30.5 Å². The highest BCUT2D eigenvalue weighted by atomic mass is 32.2. The van der Waals surface area contributed by atoms with Crippen LogP contribution in [0.15, 0.2) is 47.4 Å². The number of Topliss-reactive ketones (excluding diaryl/α,β-unsaturated/α-hetero) is 1. The van der Waals surface area contributed by atoms with Crippen LogP contribution in [0.3, 0.4) is 0 Å². The predicted octanol–water partition coefficient (Wildman–Crippen LogP) is 2.89. The number of carbonyl (C=O) groups excluding carboxylic acids is 1. The molecule has 128 valence electrons. The molecule has 0 aliphatic rings. The van der Waals surface area contributed by atoms with Crippen LogP contribution in [0.4, 0.5) is 4.39 Å². The molecular formula is C17H17FO5S. The normalized spacial score (nSPS) is 11.1. The Balaban J connectivity index is 1.93. The van der Waals surface area contributed by atoms with Gasteiger partial charge in [0.05, 0.1) is 4.90 Å². The van der Waals surface area contributed by atoms with Gasteiger partial charge in [0.25, 0.3) is 0 Å². The number of ketones is 1. The lowest BCUT2D eigenvalue weighted by Crippen LogP contribution is -2.10. The maximum atomic E-state index is 13.4. The van der Waals surface area contributed by atoms with Gasteiger partial charge in [0.15, 0.2) is 15.6 Å².